The first-order valence-corrected chi connectivity index (χ1v) is 8.06. The third kappa shape index (κ3) is 7.05. The zero-order valence-corrected chi connectivity index (χ0v) is 16.3. The Labute approximate surface area is 160 Å². The molecule has 0 atom stereocenters. The average Bonchev–Trinajstić information content (AvgIpc) is 2.42. The molecule has 0 saturated heterocycles. The van der Waals surface area contributed by atoms with Crippen LogP contribution < -0.4 is 10.6 Å². The maximum atomic E-state index is 11.9. The maximum absolute atomic E-state index is 11.9. The van der Waals surface area contributed by atoms with Crippen LogP contribution in [0, 0.1) is 20.2 Å². The fraction of sp³-hybridized carbons (Fsp3) is 0.500. The van der Waals surface area contributed by atoms with Gasteiger partial charge in [-0.25, -0.2) is 9.59 Å². The molecule has 2 amide bonds. The van der Waals surface area contributed by atoms with E-state index in [1.807, 2.05) is 0 Å². The molecule has 0 saturated carbocycles. The summed E-state index contributed by atoms with van der Waals surface area (Å²) in [5, 5.41) is 26.8. The number of anilines is 2. The summed E-state index contributed by atoms with van der Waals surface area (Å²) >= 11 is 0. The fourth-order valence-electron chi connectivity index (χ4n) is 1.91. The molecular formula is C16H22N4O8. The molecule has 1 aromatic rings. The van der Waals surface area contributed by atoms with Gasteiger partial charge in [-0.2, -0.15) is 0 Å². The number of carbonyl (C=O) groups is 2. The minimum absolute atomic E-state index is 0.393. The SMILES string of the molecule is CC(C)(C)OC(=O)Nc1cc(NC(=O)OC(C)(C)C)c([N+](=O)[O-])cc1[N+](=O)[O-]. The number of nitrogens with zero attached hydrogens (tertiary/aromatic N) is 2. The van der Waals surface area contributed by atoms with E-state index in [4.69, 9.17) is 9.47 Å². The Bertz CT molecular complexity index is 745. The fourth-order valence-corrected chi connectivity index (χ4v) is 1.91. The molecule has 0 heterocycles. The van der Waals surface area contributed by atoms with Crippen LogP contribution in [0.25, 0.3) is 0 Å². The number of ether oxygens (including phenoxy) is 2. The molecule has 1 rings (SSSR count). The van der Waals surface area contributed by atoms with Crippen molar-refractivity contribution < 1.29 is 28.9 Å². The van der Waals surface area contributed by atoms with Gasteiger partial charge in [-0.15, -0.1) is 0 Å². The Morgan fingerprint density at radius 3 is 1.36 bits per heavy atom. The van der Waals surface area contributed by atoms with Crippen LogP contribution in [-0.2, 0) is 9.47 Å². The van der Waals surface area contributed by atoms with Gasteiger partial charge in [0, 0.05) is 0 Å². The molecule has 0 aliphatic rings. The van der Waals surface area contributed by atoms with Crippen molar-refractivity contribution in [1.29, 1.82) is 0 Å². The Kier molecular flexibility index (Phi) is 6.51. The quantitative estimate of drug-likeness (QED) is 0.563. The summed E-state index contributed by atoms with van der Waals surface area (Å²) in [5.41, 5.74) is -4.03. The largest absolute Gasteiger partial charge is 0.444 e. The van der Waals surface area contributed by atoms with E-state index in [-0.39, 0.29) is 0 Å². The maximum Gasteiger partial charge on any atom is 0.412 e. The van der Waals surface area contributed by atoms with Crippen LogP contribution in [0.3, 0.4) is 0 Å². The molecule has 12 heteroatoms. The van der Waals surface area contributed by atoms with E-state index in [9.17, 15) is 29.8 Å². The van der Waals surface area contributed by atoms with Crippen molar-refractivity contribution in [3.63, 3.8) is 0 Å². The molecule has 0 unspecified atom stereocenters. The molecular weight excluding hydrogens is 376 g/mol. The van der Waals surface area contributed by atoms with Crippen LogP contribution in [0.15, 0.2) is 12.1 Å². The summed E-state index contributed by atoms with van der Waals surface area (Å²) in [6.45, 7) is 9.54. The lowest BCUT2D eigenvalue weighted by molar-refractivity contribution is -0.393. The highest BCUT2D eigenvalue weighted by Gasteiger charge is 2.28. The lowest BCUT2D eigenvalue weighted by Crippen LogP contribution is -2.28. The molecule has 0 aliphatic heterocycles. The number of hydrogen-bond acceptors (Lipinski definition) is 8. The van der Waals surface area contributed by atoms with E-state index in [0.29, 0.717) is 6.07 Å². The highest BCUT2D eigenvalue weighted by Crippen LogP contribution is 2.36. The van der Waals surface area contributed by atoms with Gasteiger partial charge in [-0.3, -0.25) is 30.9 Å². The Morgan fingerprint density at radius 2 is 1.11 bits per heavy atom. The monoisotopic (exact) mass is 398 g/mol. The lowest BCUT2D eigenvalue weighted by atomic mass is 10.2. The minimum Gasteiger partial charge on any atom is -0.444 e. The lowest BCUT2D eigenvalue weighted by Gasteiger charge is -2.20. The highest BCUT2D eigenvalue weighted by atomic mass is 16.6. The zero-order chi connectivity index (χ0) is 21.9. The van der Waals surface area contributed by atoms with Crippen molar-refractivity contribution in [2.45, 2.75) is 52.7 Å². The minimum atomic E-state index is -1.01. The van der Waals surface area contributed by atoms with Gasteiger partial charge in [0.05, 0.1) is 15.9 Å². The molecule has 0 bridgehead atoms. The Balaban J connectivity index is 3.34. The second-order valence-electron chi connectivity index (χ2n) is 7.65. The van der Waals surface area contributed by atoms with Crippen LogP contribution in [0.5, 0.6) is 0 Å². The number of amides is 2. The predicted octanol–water partition coefficient (Wildman–Crippen LogP) is 4.20. The number of hydrogen-bond donors (Lipinski definition) is 2. The average molecular weight is 398 g/mol. The van der Waals surface area contributed by atoms with Gasteiger partial charge < -0.3 is 9.47 Å². The van der Waals surface area contributed by atoms with Gasteiger partial charge in [0.15, 0.2) is 0 Å². The summed E-state index contributed by atoms with van der Waals surface area (Å²) in [6, 6.07) is 1.52. The summed E-state index contributed by atoms with van der Waals surface area (Å²) < 4.78 is 10.0. The van der Waals surface area contributed by atoms with Crippen LogP contribution in [0.2, 0.25) is 0 Å². The first-order valence-electron chi connectivity index (χ1n) is 8.06. The number of nitro benzene ring substituents is 2. The van der Waals surface area contributed by atoms with E-state index >= 15 is 0 Å². The third-order valence-corrected chi connectivity index (χ3v) is 2.78. The molecule has 0 aliphatic carbocycles. The van der Waals surface area contributed by atoms with Crippen molar-refractivity contribution in [2.75, 3.05) is 10.6 Å². The molecule has 1 aromatic carbocycles. The van der Waals surface area contributed by atoms with Crippen molar-refractivity contribution in [3.8, 4) is 0 Å². The van der Waals surface area contributed by atoms with E-state index in [1.54, 1.807) is 41.5 Å². The normalized spacial score (nSPS) is 11.4. The van der Waals surface area contributed by atoms with Gasteiger partial charge in [0.1, 0.15) is 22.6 Å². The zero-order valence-electron chi connectivity index (χ0n) is 16.3. The van der Waals surface area contributed by atoms with Crippen molar-refractivity contribution in [2.24, 2.45) is 0 Å². The van der Waals surface area contributed by atoms with Crippen molar-refractivity contribution >= 4 is 34.9 Å². The third-order valence-electron chi connectivity index (χ3n) is 2.78. The molecule has 0 radical (unpaired) electrons. The van der Waals surface area contributed by atoms with Gasteiger partial charge in [-0.1, -0.05) is 0 Å². The number of nitro groups is 2. The predicted molar refractivity (Wildman–Crippen MR) is 99.5 cm³/mol. The topological polar surface area (TPSA) is 163 Å². The van der Waals surface area contributed by atoms with E-state index in [1.165, 1.54) is 0 Å². The first kappa shape index (κ1) is 22.6. The number of benzene rings is 1. The second-order valence-corrected chi connectivity index (χ2v) is 7.65. The van der Waals surface area contributed by atoms with E-state index in [0.717, 1.165) is 6.07 Å². The van der Waals surface area contributed by atoms with Gasteiger partial charge in [-0.05, 0) is 47.6 Å². The smallest absolute Gasteiger partial charge is 0.412 e. The molecule has 12 nitrogen and oxygen atoms in total. The van der Waals surface area contributed by atoms with Crippen LogP contribution >= 0.6 is 0 Å². The number of nitrogens with one attached hydrogen (secondary N) is 2. The Morgan fingerprint density at radius 1 is 0.786 bits per heavy atom. The standard InChI is InChI=1S/C16H22N4O8/c1-15(2,3)27-13(21)17-9-7-10(18-14(22)28-16(4,5)6)12(20(25)26)8-11(9)19(23)24/h7-8H,1-6H3,(H,17,21)(H,18,22). The van der Waals surface area contributed by atoms with Gasteiger partial charge >= 0.3 is 12.2 Å². The first-order chi connectivity index (χ1) is 12.6. The van der Waals surface area contributed by atoms with Crippen LogP contribution in [0.1, 0.15) is 41.5 Å². The molecule has 0 aromatic heterocycles. The molecule has 154 valence electrons. The molecule has 0 fully saturated rings. The molecule has 2 N–H and O–H groups in total. The van der Waals surface area contributed by atoms with Crippen molar-refractivity contribution in [1.82, 2.24) is 0 Å². The summed E-state index contributed by atoms with van der Waals surface area (Å²) in [6.07, 6.45) is -2.01. The van der Waals surface area contributed by atoms with E-state index in [2.05, 4.69) is 10.6 Å². The highest BCUT2D eigenvalue weighted by molar-refractivity contribution is 5.94. The van der Waals surface area contributed by atoms with Gasteiger partial charge in [0.2, 0.25) is 0 Å². The van der Waals surface area contributed by atoms with E-state index < -0.39 is 56.0 Å². The van der Waals surface area contributed by atoms with Crippen LogP contribution in [0.4, 0.5) is 32.3 Å². The second kappa shape index (κ2) is 8.06. The van der Waals surface area contributed by atoms with Crippen LogP contribution in [-0.4, -0.2) is 33.2 Å². The summed E-state index contributed by atoms with van der Waals surface area (Å²) in [5.74, 6) is 0. The molecule has 0 spiro atoms. The number of rotatable bonds is 4. The van der Waals surface area contributed by atoms with Crippen molar-refractivity contribution in [3.05, 3.63) is 32.4 Å². The summed E-state index contributed by atoms with van der Waals surface area (Å²) in [7, 11) is 0. The Hall–Kier alpha value is -3.44. The summed E-state index contributed by atoms with van der Waals surface area (Å²) in [4.78, 5) is 44.6. The molecule has 28 heavy (non-hydrogen) atoms. The number of carbonyl (C=O) groups excluding carboxylic acids is 2. The van der Waals surface area contributed by atoms with Gasteiger partial charge in [0.25, 0.3) is 11.4 Å².